The number of hydrogen-bond acceptors (Lipinski definition) is 6. The smallest absolute Gasteiger partial charge is 0.306 e. The third kappa shape index (κ3) is 6.58. The molecule has 10 heteroatoms. The molecule has 0 aromatic heterocycles. The molecule has 1 fully saturated rings. The van der Waals surface area contributed by atoms with Gasteiger partial charge in [-0.3, -0.25) is 28.9 Å². The van der Waals surface area contributed by atoms with Crippen molar-refractivity contribution < 1.29 is 33.8 Å². The number of carboxylic acid groups (broad SMARTS) is 1. The number of nitrogens with one attached hydrogen (secondary N) is 2. The van der Waals surface area contributed by atoms with Crippen LogP contribution < -0.4 is 15.4 Å². The van der Waals surface area contributed by atoms with Crippen LogP contribution in [0.25, 0.3) is 0 Å². The molecule has 1 unspecified atom stereocenters. The molecule has 1 heterocycles. The zero-order valence-corrected chi connectivity index (χ0v) is 23.5. The first-order valence-electron chi connectivity index (χ1n) is 14.0. The lowest BCUT2D eigenvalue weighted by Crippen LogP contribution is -2.53. The van der Waals surface area contributed by atoms with Crippen LogP contribution in [0, 0.1) is 11.3 Å². The van der Waals surface area contributed by atoms with E-state index < -0.39 is 35.2 Å². The van der Waals surface area contributed by atoms with Crippen molar-refractivity contribution in [2.75, 3.05) is 20.7 Å². The number of benzene rings is 2. The van der Waals surface area contributed by atoms with Gasteiger partial charge in [-0.15, -0.1) is 0 Å². The molecular formula is C31H37N3O7. The maximum Gasteiger partial charge on any atom is 0.306 e. The van der Waals surface area contributed by atoms with E-state index in [0.29, 0.717) is 29.7 Å². The second-order valence-corrected chi connectivity index (χ2v) is 10.9. The molecule has 2 aromatic rings. The molecular weight excluding hydrogens is 526 g/mol. The minimum absolute atomic E-state index is 0.0283. The third-order valence-corrected chi connectivity index (χ3v) is 8.33. The summed E-state index contributed by atoms with van der Waals surface area (Å²) < 4.78 is 5.20. The minimum Gasteiger partial charge on any atom is -0.497 e. The van der Waals surface area contributed by atoms with Gasteiger partial charge in [-0.1, -0.05) is 43.5 Å². The molecule has 1 aliphatic carbocycles. The Labute approximate surface area is 239 Å². The van der Waals surface area contributed by atoms with Crippen molar-refractivity contribution in [2.24, 2.45) is 11.3 Å². The Kier molecular flexibility index (Phi) is 9.42. The summed E-state index contributed by atoms with van der Waals surface area (Å²) in [6.07, 6.45) is 3.81. The summed E-state index contributed by atoms with van der Waals surface area (Å²) in [6.45, 7) is -0.0562. The van der Waals surface area contributed by atoms with Gasteiger partial charge in [-0.05, 0) is 55.5 Å². The minimum atomic E-state index is -1.08. The van der Waals surface area contributed by atoms with Gasteiger partial charge in [-0.2, -0.15) is 0 Å². The summed E-state index contributed by atoms with van der Waals surface area (Å²) in [5.41, 5.74) is 0.478. The monoisotopic (exact) mass is 563 g/mol. The van der Waals surface area contributed by atoms with Crippen LogP contribution in [0.2, 0.25) is 0 Å². The first-order chi connectivity index (χ1) is 19.7. The lowest BCUT2D eigenvalue weighted by molar-refractivity contribution is -0.146. The molecule has 41 heavy (non-hydrogen) atoms. The maximum absolute atomic E-state index is 13.9. The Hall–Kier alpha value is -4.21. The number of nitrogens with zero attached hydrogens (tertiary/aromatic N) is 1. The van der Waals surface area contributed by atoms with Crippen LogP contribution in [0.3, 0.4) is 0 Å². The second kappa shape index (κ2) is 13.0. The van der Waals surface area contributed by atoms with E-state index in [4.69, 9.17) is 4.74 Å². The average molecular weight is 564 g/mol. The SMILES string of the molecule is CNC(=O)[C@H](Cc1ccc(OC)cc1)NC(=O)C1(CC(CCN2C(=O)c3ccccc3C2=O)C(=O)O)CCCCC1. The number of likely N-dealkylation sites (N-methyl/N-ethyl adjacent to an activating group) is 1. The van der Waals surface area contributed by atoms with E-state index in [2.05, 4.69) is 10.6 Å². The maximum atomic E-state index is 13.9. The zero-order chi connectivity index (χ0) is 29.6. The molecule has 4 amide bonds. The van der Waals surface area contributed by atoms with Crippen molar-refractivity contribution >= 4 is 29.6 Å². The van der Waals surface area contributed by atoms with Crippen molar-refractivity contribution in [3.05, 3.63) is 65.2 Å². The summed E-state index contributed by atoms with van der Waals surface area (Å²) in [6, 6.07) is 12.9. The quantitative estimate of drug-likeness (QED) is 0.337. The predicted molar refractivity (Wildman–Crippen MR) is 150 cm³/mol. The Bertz CT molecular complexity index is 1270. The van der Waals surface area contributed by atoms with Gasteiger partial charge in [0.2, 0.25) is 11.8 Å². The largest absolute Gasteiger partial charge is 0.497 e. The highest BCUT2D eigenvalue weighted by molar-refractivity contribution is 6.21. The highest BCUT2D eigenvalue weighted by atomic mass is 16.5. The lowest BCUT2D eigenvalue weighted by atomic mass is 9.67. The zero-order valence-electron chi connectivity index (χ0n) is 23.5. The van der Waals surface area contributed by atoms with Gasteiger partial charge < -0.3 is 20.5 Å². The molecule has 0 spiro atoms. The fraction of sp³-hybridized carbons (Fsp3) is 0.452. The van der Waals surface area contributed by atoms with Crippen LogP contribution in [-0.2, 0) is 20.8 Å². The summed E-state index contributed by atoms with van der Waals surface area (Å²) in [7, 11) is 3.07. The molecule has 2 aromatic carbocycles. The van der Waals surface area contributed by atoms with Crippen LogP contribution in [0.5, 0.6) is 5.75 Å². The molecule has 10 nitrogen and oxygen atoms in total. The predicted octanol–water partition coefficient (Wildman–Crippen LogP) is 3.20. The second-order valence-electron chi connectivity index (χ2n) is 10.9. The molecule has 0 saturated heterocycles. The van der Waals surface area contributed by atoms with Gasteiger partial charge in [0.25, 0.3) is 11.8 Å². The molecule has 4 rings (SSSR count). The number of methoxy groups -OCH3 is 1. The number of fused-ring (bicyclic) bond motifs is 1. The molecule has 3 N–H and O–H groups in total. The van der Waals surface area contributed by atoms with Gasteiger partial charge in [-0.25, -0.2) is 0 Å². The molecule has 1 aliphatic heterocycles. The van der Waals surface area contributed by atoms with E-state index in [1.165, 1.54) is 7.05 Å². The highest BCUT2D eigenvalue weighted by Gasteiger charge is 2.44. The lowest BCUT2D eigenvalue weighted by Gasteiger charge is -2.38. The number of ether oxygens (including phenoxy) is 1. The molecule has 2 atom stereocenters. The number of amides is 4. The number of imide groups is 1. The van der Waals surface area contributed by atoms with Crippen LogP contribution in [-0.4, -0.2) is 66.3 Å². The first kappa shape index (κ1) is 29.8. The standard InChI is InChI=1S/C31H37N3O7/c1-32-26(35)25(18-20-10-12-22(41-2)13-11-20)33-30(40)31(15-6-3-7-16-31)19-21(29(38)39)14-17-34-27(36)23-8-4-5-9-24(23)28(34)37/h4-5,8-13,21,25H,3,6-7,14-19H2,1-2H3,(H,32,35)(H,33,40)(H,38,39)/t21?,25-/m0/s1. The normalized spacial score (nSPS) is 17.4. The van der Waals surface area contributed by atoms with Gasteiger partial charge >= 0.3 is 5.97 Å². The summed E-state index contributed by atoms with van der Waals surface area (Å²) >= 11 is 0. The molecule has 1 saturated carbocycles. The van der Waals surface area contributed by atoms with E-state index in [1.54, 1.807) is 43.5 Å². The van der Waals surface area contributed by atoms with E-state index in [0.717, 1.165) is 29.7 Å². The van der Waals surface area contributed by atoms with Crippen molar-refractivity contribution in [3.8, 4) is 5.75 Å². The topological polar surface area (TPSA) is 142 Å². The van der Waals surface area contributed by atoms with Crippen molar-refractivity contribution in [3.63, 3.8) is 0 Å². The van der Waals surface area contributed by atoms with Gasteiger partial charge in [0, 0.05) is 20.0 Å². The van der Waals surface area contributed by atoms with Crippen molar-refractivity contribution in [1.82, 2.24) is 15.5 Å². The van der Waals surface area contributed by atoms with Gasteiger partial charge in [0.1, 0.15) is 11.8 Å². The van der Waals surface area contributed by atoms with E-state index in [-0.39, 0.29) is 37.6 Å². The fourth-order valence-corrected chi connectivity index (χ4v) is 5.96. The van der Waals surface area contributed by atoms with Crippen LogP contribution in [0.15, 0.2) is 48.5 Å². The number of rotatable bonds is 12. The molecule has 2 aliphatic rings. The Morgan fingerprint density at radius 3 is 2.12 bits per heavy atom. The summed E-state index contributed by atoms with van der Waals surface area (Å²) in [5.74, 6) is -2.93. The average Bonchev–Trinajstić information content (AvgIpc) is 3.23. The number of carbonyl (C=O) groups excluding carboxylic acids is 4. The van der Waals surface area contributed by atoms with E-state index in [9.17, 15) is 29.1 Å². The molecule has 0 bridgehead atoms. The van der Waals surface area contributed by atoms with Crippen molar-refractivity contribution in [2.45, 2.75) is 57.4 Å². The highest BCUT2D eigenvalue weighted by Crippen LogP contribution is 2.43. The fourth-order valence-electron chi connectivity index (χ4n) is 5.96. The van der Waals surface area contributed by atoms with E-state index in [1.807, 2.05) is 12.1 Å². The van der Waals surface area contributed by atoms with E-state index >= 15 is 0 Å². The van der Waals surface area contributed by atoms with Crippen LogP contribution in [0.1, 0.15) is 71.2 Å². The van der Waals surface area contributed by atoms with Gasteiger partial charge in [0.15, 0.2) is 0 Å². The Morgan fingerprint density at radius 1 is 0.976 bits per heavy atom. The van der Waals surface area contributed by atoms with Crippen LogP contribution >= 0.6 is 0 Å². The van der Waals surface area contributed by atoms with Crippen molar-refractivity contribution in [1.29, 1.82) is 0 Å². The summed E-state index contributed by atoms with van der Waals surface area (Å²) in [5, 5.41) is 15.7. The number of aliphatic carboxylic acids is 1. The number of carbonyl (C=O) groups is 5. The number of carboxylic acids is 1. The Morgan fingerprint density at radius 2 is 1.59 bits per heavy atom. The Balaban J connectivity index is 1.49. The van der Waals surface area contributed by atoms with Crippen LogP contribution in [0.4, 0.5) is 0 Å². The molecule has 218 valence electrons. The van der Waals surface area contributed by atoms with Gasteiger partial charge in [0.05, 0.1) is 29.6 Å². The number of hydrogen-bond donors (Lipinski definition) is 3. The summed E-state index contributed by atoms with van der Waals surface area (Å²) in [4.78, 5) is 65.8. The molecule has 0 radical (unpaired) electrons. The third-order valence-electron chi connectivity index (χ3n) is 8.33. The first-order valence-corrected chi connectivity index (χ1v) is 14.0.